The lowest BCUT2D eigenvalue weighted by atomic mass is 10.3. The molecule has 12 heavy (non-hydrogen) atoms. The van der Waals surface area contributed by atoms with Gasteiger partial charge in [-0.2, -0.15) is 4.89 Å². The third kappa shape index (κ3) is 2.79. The zero-order valence-corrected chi connectivity index (χ0v) is 7.41. The van der Waals surface area contributed by atoms with Crippen molar-refractivity contribution in [2.24, 2.45) is 0 Å². The van der Waals surface area contributed by atoms with Gasteiger partial charge in [-0.1, -0.05) is 6.92 Å². The molecule has 70 valence electrons. The molecule has 1 rings (SSSR count). The van der Waals surface area contributed by atoms with E-state index >= 15 is 0 Å². The molecule has 1 aliphatic heterocycles. The standard InChI is InChI=1S/C8H14O4/c1-3-6(2)11-12-8-5-4-7(9)10-8/h6,8H,3-5H2,1-2H3. The molecule has 0 aromatic rings. The molecule has 0 aliphatic carbocycles. The van der Waals surface area contributed by atoms with Crippen LogP contribution < -0.4 is 0 Å². The number of rotatable bonds is 4. The predicted molar refractivity (Wildman–Crippen MR) is 41.0 cm³/mol. The SMILES string of the molecule is CCC(C)OOC1CCC(=O)O1. The van der Waals surface area contributed by atoms with E-state index in [2.05, 4.69) is 0 Å². The fourth-order valence-corrected chi connectivity index (χ4v) is 0.793. The highest BCUT2D eigenvalue weighted by atomic mass is 17.2. The zero-order valence-electron chi connectivity index (χ0n) is 7.41. The van der Waals surface area contributed by atoms with Gasteiger partial charge < -0.3 is 4.74 Å². The van der Waals surface area contributed by atoms with Crippen LogP contribution >= 0.6 is 0 Å². The first-order chi connectivity index (χ1) is 5.72. The Kier molecular flexibility index (Phi) is 3.49. The molecule has 1 fully saturated rings. The van der Waals surface area contributed by atoms with Crippen LogP contribution in [0.15, 0.2) is 0 Å². The fraction of sp³-hybridized carbons (Fsp3) is 0.875. The first-order valence-electron chi connectivity index (χ1n) is 4.24. The van der Waals surface area contributed by atoms with Gasteiger partial charge >= 0.3 is 5.97 Å². The molecule has 0 aromatic heterocycles. The Labute approximate surface area is 71.7 Å². The van der Waals surface area contributed by atoms with Crippen LogP contribution in [0, 0.1) is 0 Å². The van der Waals surface area contributed by atoms with Gasteiger partial charge in [-0.25, -0.2) is 4.89 Å². The lowest BCUT2D eigenvalue weighted by molar-refractivity contribution is -0.383. The summed E-state index contributed by atoms with van der Waals surface area (Å²) in [6.45, 7) is 3.89. The van der Waals surface area contributed by atoms with Crippen LogP contribution in [0.3, 0.4) is 0 Å². The van der Waals surface area contributed by atoms with Gasteiger partial charge in [0.25, 0.3) is 0 Å². The van der Waals surface area contributed by atoms with E-state index in [1.165, 1.54) is 0 Å². The second-order valence-corrected chi connectivity index (χ2v) is 2.87. The van der Waals surface area contributed by atoms with Gasteiger partial charge in [0.1, 0.15) is 0 Å². The summed E-state index contributed by atoms with van der Waals surface area (Å²) in [6.07, 6.45) is 1.44. The lowest BCUT2D eigenvalue weighted by Gasteiger charge is -2.12. The summed E-state index contributed by atoms with van der Waals surface area (Å²) >= 11 is 0. The Hall–Kier alpha value is -0.610. The largest absolute Gasteiger partial charge is 0.433 e. The van der Waals surface area contributed by atoms with Gasteiger partial charge in [-0.05, 0) is 13.3 Å². The molecule has 0 saturated carbocycles. The molecule has 1 saturated heterocycles. The van der Waals surface area contributed by atoms with Gasteiger partial charge in [0.05, 0.1) is 12.5 Å². The van der Waals surface area contributed by atoms with E-state index in [4.69, 9.17) is 14.5 Å². The molecule has 1 heterocycles. The molecule has 0 bridgehead atoms. The number of cyclic esters (lactones) is 1. The minimum absolute atomic E-state index is 0.0457. The highest BCUT2D eigenvalue weighted by Crippen LogP contribution is 2.15. The van der Waals surface area contributed by atoms with Crippen molar-refractivity contribution in [2.45, 2.75) is 45.5 Å². The van der Waals surface area contributed by atoms with Crippen molar-refractivity contribution in [3.63, 3.8) is 0 Å². The van der Waals surface area contributed by atoms with Crippen molar-refractivity contribution >= 4 is 5.97 Å². The smallest absolute Gasteiger partial charge is 0.308 e. The molecule has 0 aromatic carbocycles. The van der Waals surface area contributed by atoms with Crippen molar-refractivity contribution in [3.05, 3.63) is 0 Å². The third-order valence-corrected chi connectivity index (χ3v) is 1.75. The number of carbonyl (C=O) groups is 1. The molecular weight excluding hydrogens is 160 g/mol. The van der Waals surface area contributed by atoms with E-state index in [0.717, 1.165) is 6.42 Å². The van der Waals surface area contributed by atoms with E-state index in [9.17, 15) is 4.79 Å². The molecule has 2 unspecified atom stereocenters. The molecular formula is C8H14O4. The minimum Gasteiger partial charge on any atom is -0.433 e. The fourth-order valence-electron chi connectivity index (χ4n) is 0.793. The van der Waals surface area contributed by atoms with E-state index in [1.807, 2.05) is 13.8 Å². The topological polar surface area (TPSA) is 44.8 Å². The monoisotopic (exact) mass is 174 g/mol. The Morgan fingerprint density at radius 3 is 3.00 bits per heavy atom. The molecule has 2 atom stereocenters. The summed E-state index contributed by atoms with van der Waals surface area (Å²) in [5, 5.41) is 0. The molecule has 0 N–H and O–H groups in total. The summed E-state index contributed by atoms with van der Waals surface area (Å²) in [5.41, 5.74) is 0. The molecule has 0 amide bonds. The Bertz CT molecular complexity index is 157. The van der Waals surface area contributed by atoms with E-state index < -0.39 is 6.29 Å². The van der Waals surface area contributed by atoms with Gasteiger partial charge in [-0.15, -0.1) is 0 Å². The summed E-state index contributed by atoms with van der Waals surface area (Å²) in [7, 11) is 0. The van der Waals surface area contributed by atoms with Crippen molar-refractivity contribution in [1.82, 2.24) is 0 Å². The Balaban J connectivity index is 2.11. The van der Waals surface area contributed by atoms with Crippen LogP contribution in [0.1, 0.15) is 33.1 Å². The van der Waals surface area contributed by atoms with Gasteiger partial charge in [-0.3, -0.25) is 4.79 Å². The normalized spacial score (nSPS) is 25.5. The van der Waals surface area contributed by atoms with E-state index in [-0.39, 0.29) is 12.1 Å². The highest BCUT2D eigenvalue weighted by Gasteiger charge is 2.25. The first kappa shape index (κ1) is 9.48. The van der Waals surface area contributed by atoms with Crippen molar-refractivity contribution in [2.75, 3.05) is 0 Å². The maximum Gasteiger partial charge on any atom is 0.308 e. The summed E-state index contributed by atoms with van der Waals surface area (Å²) in [6, 6.07) is 0. The van der Waals surface area contributed by atoms with Crippen molar-refractivity contribution in [3.8, 4) is 0 Å². The van der Waals surface area contributed by atoms with Crippen LogP contribution in [0.4, 0.5) is 0 Å². The molecule has 4 heteroatoms. The lowest BCUT2D eigenvalue weighted by Crippen LogP contribution is -2.16. The number of carbonyl (C=O) groups excluding carboxylic acids is 1. The van der Waals surface area contributed by atoms with Crippen LogP contribution in [0.5, 0.6) is 0 Å². The summed E-state index contributed by atoms with van der Waals surface area (Å²) in [4.78, 5) is 20.4. The minimum atomic E-state index is -0.494. The highest BCUT2D eigenvalue weighted by molar-refractivity contribution is 5.71. The van der Waals surface area contributed by atoms with Crippen molar-refractivity contribution in [1.29, 1.82) is 0 Å². The predicted octanol–water partition coefficient (Wildman–Crippen LogP) is 1.40. The number of hydrogen-bond donors (Lipinski definition) is 0. The average Bonchev–Trinajstić information content (AvgIpc) is 2.47. The molecule has 0 spiro atoms. The Morgan fingerprint density at radius 2 is 2.50 bits per heavy atom. The second kappa shape index (κ2) is 4.42. The zero-order chi connectivity index (χ0) is 8.97. The molecule has 0 radical (unpaired) electrons. The molecule has 1 aliphatic rings. The van der Waals surface area contributed by atoms with Crippen LogP contribution in [0.2, 0.25) is 0 Å². The van der Waals surface area contributed by atoms with Crippen LogP contribution in [0.25, 0.3) is 0 Å². The van der Waals surface area contributed by atoms with Gasteiger partial charge in [0.15, 0.2) is 0 Å². The quantitative estimate of drug-likeness (QED) is 0.367. The van der Waals surface area contributed by atoms with E-state index in [0.29, 0.717) is 12.8 Å². The number of esters is 1. The Morgan fingerprint density at radius 1 is 1.75 bits per heavy atom. The maximum absolute atomic E-state index is 10.6. The van der Waals surface area contributed by atoms with Crippen LogP contribution in [-0.2, 0) is 19.3 Å². The summed E-state index contributed by atoms with van der Waals surface area (Å²) in [5.74, 6) is -0.215. The first-order valence-corrected chi connectivity index (χ1v) is 4.24. The average molecular weight is 174 g/mol. The second-order valence-electron chi connectivity index (χ2n) is 2.87. The van der Waals surface area contributed by atoms with Crippen LogP contribution in [-0.4, -0.2) is 18.4 Å². The van der Waals surface area contributed by atoms with Gasteiger partial charge in [0, 0.05) is 6.42 Å². The number of hydrogen-bond acceptors (Lipinski definition) is 4. The van der Waals surface area contributed by atoms with Crippen molar-refractivity contribution < 1.29 is 19.3 Å². The number of ether oxygens (including phenoxy) is 1. The van der Waals surface area contributed by atoms with Gasteiger partial charge in [0.2, 0.25) is 6.29 Å². The third-order valence-electron chi connectivity index (χ3n) is 1.75. The maximum atomic E-state index is 10.6. The van der Waals surface area contributed by atoms with E-state index in [1.54, 1.807) is 0 Å². The summed E-state index contributed by atoms with van der Waals surface area (Å²) < 4.78 is 4.77. The molecule has 4 nitrogen and oxygen atoms in total.